The van der Waals surface area contributed by atoms with Crippen LogP contribution in [-0.2, 0) is 16.9 Å². The summed E-state index contributed by atoms with van der Waals surface area (Å²) in [5.74, 6) is -3.42. The molecule has 0 saturated carbocycles. The maximum atomic E-state index is 14.1. The van der Waals surface area contributed by atoms with E-state index in [-0.39, 0.29) is 11.1 Å². The average molecular weight is 457 g/mol. The Morgan fingerprint density at radius 3 is 2.26 bits per heavy atom. The van der Waals surface area contributed by atoms with Gasteiger partial charge in [-0.25, -0.2) is 4.39 Å². The van der Waals surface area contributed by atoms with E-state index < -0.39 is 53.1 Å². The first-order valence-electron chi connectivity index (χ1n) is 9.69. The molecule has 0 aliphatic carbocycles. The number of rotatable bonds is 5. The number of halogens is 2. The summed E-state index contributed by atoms with van der Waals surface area (Å²) in [5, 5.41) is 62.5. The van der Waals surface area contributed by atoms with Gasteiger partial charge >= 0.3 is 0 Å². The molecule has 0 aromatic heterocycles. The Morgan fingerprint density at radius 1 is 1.13 bits per heavy atom. The molecule has 0 unspecified atom stereocenters. The van der Waals surface area contributed by atoms with Crippen molar-refractivity contribution in [3.63, 3.8) is 0 Å². The van der Waals surface area contributed by atoms with Crippen molar-refractivity contribution < 1.29 is 39.8 Å². The van der Waals surface area contributed by atoms with Crippen LogP contribution in [0.3, 0.4) is 0 Å². The second kappa shape index (κ2) is 8.06. The number of ether oxygens (including phenoxy) is 1. The van der Waals surface area contributed by atoms with Crippen molar-refractivity contribution in [3.05, 3.63) is 71.0 Å². The Hall–Kier alpha value is -1.62. The standard InChI is InChI=1S/C22H26ClFO7/c1-13-8-9-15(10-17(13)24)11-20(28)21(23,29)18(27)19(12-25,14(2)26)31-22(20,30)16-6-4-3-5-7-16/h3-10,14,18,25-30H,11-12H2,1-2H3/t14-,18+,19+,20+,21-,22+/m0/s1. The van der Waals surface area contributed by atoms with Crippen molar-refractivity contribution >= 4 is 11.6 Å². The Kier molecular flexibility index (Phi) is 6.25. The van der Waals surface area contributed by atoms with Gasteiger partial charge in [0.25, 0.3) is 0 Å². The van der Waals surface area contributed by atoms with Gasteiger partial charge < -0.3 is 35.4 Å². The Morgan fingerprint density at radius 2 is 1.74 bits per heavy atom. The van der Waals surface area contributed by atoms with E-state index in [2.05, 4.69) is 0 Å². The van der Waals surface area contributed by atoms with Crippen LogP contribution in [0.25, 0.3) is 0 Å². The third-order valence-electron chi connectivity index (χ3n) is 6.12. The van der Waals surface area contributed by atoms with E-state index in [1.807, 2.05) is 0 Å². The molecule has 3 rings (SSSR count). The van der Waals surface area contributed by atoms with Gasteiger partial charge in [0.15, 0.2) is 11.2 Å². The normalized spacial score (nSPS) is 36.9. The van der Waals surface area contributed by atoms with E-state index in [4.69, 9.17) is 16.3 Å². The number of aliphatic hydroxyl groups excluding tert-OH is 3. The van der Waals surface area contributed by atoms with Crippen LogP contribution in [-0.4, -0.2) is 65.7 Å². The highest BCUT2D eigenvalue weighted by molar-refractivity contribution is 6.24. The van der Waals surface area contributed by atoms with Gasteiger partial charge in [0.2, 0.25) is 10.8 Å². The van der Waals surface area contributed by atoms with Crippen molar-refractivity contribution in [3.8, 4) is 0 Å². The fourth-order valence-electron chi connectivity index (χ4n) is 4.01. The summed E-state index contributed by atoms with van der Waals surface area (Å²) < 4.78 is 19.8. The summed E-state index contributed by atoms with van der Waals surface area (Å²) in [7, 11) is 0. The second-order valence-corrected chi connectivity index (χ2v) is 8.67. The van der Waals surface area contributed by atoms with Gasteiger partial charge in [-0.3, -0.25) is 0 Å². The lowest BCUT2D eigenvalue weighted by atomic mass is 9.68. The zero-order valence-corrected chi connectivity index (χ0v) is 17.8. The molecule has 9 heteroatoms. The summed E-state index contributed by atoms with van der Waals surface area (Å²) in [4.78, 5) is 0. The number of hydrogen-bond acceptors (Lipinski definition) is 7. The molecule has 1 saturated heterocycles. The van der Waals surface area contributed by atoms with E-state index in [0.717, 1.165) is 13.0 Å². The first-order chi connectivity index (χ1) is 14.4. The van der Waals surface area contributed by atoms with E-state index in [9.17, 15) is 35.0 Å². The topological polar surface area (TPSA) is 131 Å². The van der Waals surface area contributed by atoms with Crippen molar-refractivity contribution in [2.24, 2.45) is 0 Å². The number of aliphatic hydroxyl groups is 6. The molecular weight excluding hydrogens is 431 g/mol. The molecule has 170 valence electrons. The molecule has 1 aliphatic rings. The smallest absolute Gasteiger partial charge is 0.227 e. The predicted molar refractivity (Wildman–Crippen MR) is 110 cm³/mol. The van der Waals surface area contributed by atoms with Crippen molar-refractivity contribution in [2.75, 3.05) is 6.61 Å². The van der Waals surface area contributed by atoms with Crippen LogP contribution in [0.4, 0.5) is 4.39 Å². The molecule has 1 fully saturated rings. The average Bonchev–Trinajstić information content (AvgIpc) is 2.73. The summed E-state index contributed by atoms with van der Waals surface area (Å²) in [6.45, 7) is 1.65. The van der Waals surface area contributed by atoms with Gasteiger partial charge in [-0.2, -0.15) is 0 Å². The van der Waals surface area contributed by atoms with E-state index in [1.54, 1.807) is 6.07 Å². The van der Waals surface area contributed by atoms with Gasteiger partial charge in [0, 0.05) is 12.0 Å². The van der Waals surface area contributed by atoms with Gasteiger partial charge in [-0.15, -0.1) is 0 Å². The fourth-order valence-corrected chi connectivity index (χ4v) is 4.39. The molecule has 0 bridgehead atoms. The van der Waals surface area contributed by atoms with Crippen molar-refractivity contribution in [1.82, 2.24) is 0 Å². The molecule has 1 aliphatic heterocycles. The highest BCUT2D eigenvalue weighted by Crippen LogP contribution is 2.55. The molecule has 0 radical (unpaired) electrons. The molecule has 1 heterocycles. The van der Waals surface area contributed by atoms with Crippen molar-refractivity contribution in [1.29, 1.82) is 0 Å². The van der Waals surface area contributed by atoms with E-state index >= 15 is 0 Å². The van der Waals surface area contributed by atoms with Crippen molar-refractivity contribution in [2.45, 2.75) is 54.5 Å². The largest absolute Gasteiger partial charge is 0.393 e. The summed E-state index contributed by atoms with van der Waals surface area (Å²) in [5.41, 5.74) is -4.80. The van der Waals surface area contributed by atoms with Crippen LogP contribution in [0.1, 0.15) is 23.6 Å². The fraction of sp³-hybridized carbons (Fsp3) is 0.455. The maximum Gasteiger partial charge on any atom is 0.227 e. The summed E-state index contributed by atoms with van der Waals surface area (Å²) in [6, 6.07) is 11.4. The lowest BCUT2D eigenvalue weighted by molar-refractivity contribution is -0.444. The highest BCUT2D eigenvalue weighted by Gasteiger charge is 2.76. The zero-order valence-electron chi connectivity index (χ0n) is 17.0. The first-order valence-corrected chi connectivity index (χ1v) is 10.1. The predicted octanol–water partition coefficient (Wildman–Crippen LogP) is 0.683. The zero-order chi connectivity index (χ0) is 23.2. The van der Waals surface area contributed by atoms with E-state index in [1.165, 1.54) is 43.3 Å². The third-order valence-corrected chi connectivity index (χ3v) is 6.64. The molecular formula is C22H26ClFO7. The van der Waals surface area contributed by atoms with Crippen LogP contribution in [0.5, 0.6) is 0 Å². The highest BCUT2D eigenvalue weighted by atomic mass is 35.5. The minimum Gasteiger partial charge on any atom is -0.393 e. The van der Waals surface area contributed by atoms with Gasteiger partial charge in [-0.1, -0.05) is 54.1 Å². The molecule has 6 atom stereocenters. The molecule has 31 heavy (non-hydrogen) atoms. The lowest BCUT2D eigenvalue weighted by Gasteiger charge is -2.61. The third kappa shape index (κ3) is 3.48. The number of hydrogen-bond donors (Lipinski definition) is 6. The van der Waals surface area contributed by atoms with Crippen LogP contribution in [0, 0.1) is 12.7 Å². The number of alkyl halides is 1. The minimum atomic E-state index is -3.04. The van der Waals surface area contributed by atoms with Crippen LogP contribution >= 0.6 is 11.6 Å². The Labute approximate surface area is 183 Å². The number of aryl methyl sites for hydroxylation is 1. The summed E-state index contributed by atoms with van der Waals surface area (Å²) in [6.07, 6.45) is -4.53. The SMILES string of the molecule is Cc1ccc(C[C@]2(O)[C@@](O)(c3ccccc3)O[C@](CO)([C@H](C)O)[C@@H](O)[C@@]2(O)Cl)cc1F. The van der Waals surface area contributed by atoms with Crippen LogP contribution in [0.2, 0.25) is 0 Å². The van der Waals surface area contributed by atoms with Gasteiger partial charge in [0.1, 0.15) is 11.9 Å². The Bertz CT molecular complexity index is 941. The molecule has 0 amide bonds. The van der Waals surface area contributed by atoms with E-state index in [0.29, 0.717) is 5.56 Å². The molecule has 7 nitrogen and oxygen atoms in total. The molecule has 2 aromatic rings. The number of benzene rings is 2. The van der Waals surface area contributed by atoms with Crippen LogP contribution < -0.4 is 0 Å². The van der Waals surface area contributed by atoms with Crippen LogP contribution in [0.15, 0.2) is 48.5 Å². The second-order valence-electron chi connectivity index (χ2n) is 8.10. The Balaban J connectivity index is 2.26. The molecule has 6 N–H and O–H groups in total. The van der Waals surface area contributed by atoms with Gasteiger partial charge in [0.05, 0.1) is 12.7 Å². The molecule has 2 aromatic carbocycles. The maximum absolute atomic E-state index is 14.1. The minimum absolute atomic E-state index is 0.0745. The quantitative estimate of drug-likeness (QED) is 0.365. The summed E-state index contributed by atoms with van der Waals surface area (Å²) >= 11 is 6.29. The first kappa shape index (κ1) is 24.0. The van der Waals surface area contributed by atoms with Gasteiger partial charge in [-0.05, 0) is 31.0 Å². The molecule has 0 spiro atoms. The monoisotopic (exact) mass is 456 g/mol. The lowest BCUT2D eigenvalue weighted by Crippen LogP contribution is -2.82.